The zero-order valence-electron chi connectivity index (χ0n) is 17.7. The number of para-hydroxylation sites is 1. The fourth-order valence-electron chi connectivity index (χ4n) is 3.06. The standard InChI is InChI=1S/C23H24N2O6/c1-28-14-7-15-31-18-12-10-16(11-13-18)20-19(22(26)29-2)21(23(27)30-3)25(24-20)17-8-5-4-6-9-17/h4-6,8-13H,7,14-15H2,1-3H3. The Kier molecular flexibility index (Phi) is 7.40. The Hall–Kier alpha value is -3.65. The monoisotopic (exact) mass is 424 g/mol. The molecule has 0 bridgehead atoms. The molecule has 0 unspecified atom stereocenters. The van der Waals surface area contributed by atoms with Crippen LogP contribution in [0.4, 0.5) is 0 Å². The summed E-state index contributed by atoms with van der Waals surface area (Å²) in [4.78, 5) is 25.2. The summed E-state index contributed by atoms with van der Waals surface area (Å²) in [5, 5.41) is 4.56. The van der Waals surface area contributed by atoms with Crippen LogP contribution in [0, 0.1) is 0 Å². The highest BCUT2D eigenvalue weighted by Gasteiger charge is 2.31. The molecule has 3 rings (SSSR count). The van der Waals surface area contributed by atoms with Crippen LogP contribution < -0.4 is 4.74 Å². The summed E-state index contributed by atoms with van der Waals surface area (Å²) in [6.07, 6.45) is 0.773. The average Bonchev–Trinajstić information content (AvgIpc) is 3.22. The van der Waals surface area contributed by atoms with Gasteiger partial charge in [-0.05, 0) is 36.4 Å². The molecule has 2 aromatic carbocycles. The van der Waals surface area contributed by atoms with E-state index in [1.54, 1.807) is 43.5 Å². The fourth-order valence-corrected chi connectivity index (χ4v) is 3.06. The van der Waals surface area contributed by atoms with Gasteiger partial charge in [0.25, 0.3) is 0 Å². The Morgan fingerprint density at radius 1 is 0.871 bits per heavy atom. The molecule has 0 saturated heterocycles. The van der Waals surface area contributed by atoms with Gasteiger partial charge in [0.2, 0.25) is 0 Å². The minimum absolute atomic E-state index is 0.00422. The summed E-state index contributed by atoms with van der Waals surface area (Å²) < 4.78 is 22.0. The fraction of sp³-hybridized carbons (Fsp3) is 0.261. The molecule has 0 fully saturated rings. The Balaban J connectivity index is 2.06. The summed E-state index contributed by atoms with van der Waals surface area (Å²) in [5.74, 6) is -0.700. The molecule has 0 atom stereocenters. The Bertz CT molecular complexity index is 1030. The first-order chi connectivity index (χ1) is 15.1. The van der Waals surface area contributed by atoms with Gasteiger partial charge in [0.1, 0.15) is 17.0 Å². The minimum Gasteiger partial charge on any atom is -0.494 e. The maximum atomic E-state index is 12.6. The van der Waals surface area contributed by atoms with Crippen molar-refractivity contribution >= 4 is 11.9 Å². The number of methoxy groups -OCH3 is 3. The molecular formula is C23H24N2O6. The molecule has 31 heavy (non-hydrogen) atoms. The lowest BCUT2D eigenvalue weighted by atomic mass is 10.1. The van der Waals surface area contributed by atoms with E-state index in [0.29, 0.717) is 35.9 Å². The molecular weight excluding hydrogens is 400 g/mol. The highest BCUT2D eigenvalue weighted by molar-refractivity contribution is 6.06. The first kappa shape index (κ1) is 22.0. The third-order valence-corrected chi connectivity index (χ3v) is 4.54. The summed E-state index contributed by atoms with van der Waals surface area (Å²) in [6.45, 7) is 1.14. The van der Waals surface area contributed by atoms with Crippen LogP contribution in [0.2, 0.25) is 0 Å². The molecule has 0 radical (unpaired) electrons. The van der Waals surface area contributed by atoms with Gasteiger partial charge in [-0.25, -0.2) is 14.3 Å². The van der Waals surface area contributed by atoms with E-state index in [-0.39, 0.29) is 11.3 Å². The lowest BCUT2D eigenvalue weighted by Gasteiger charge is -2.07. The topological polar surface area (TPSA) is 88.9 Å². The molecule has 3 aromatic rings. The molecule has 0 aliphatic rings. The summed E-state index contributed by atoms with van der Waals surface area (Å²) in [5.41, 5.74) is 1.58. The predicted molar refractivity (Wildman–Crippen MR) is 114 cm³/mol. The zero-order valence-corrected chi connectivity index (χ0v) is 17.7. The van der Waals surface area contributed by atoms with Crippen LogP contribution in [0.3, 0.4) is 0 Å². The largest absolute Gasteiger partial charge is 0.494 e. The summed E-state index contributed by atoms with van der Waals surface area (Å²) in [7, 11) is 4.15. The van der Waals surface area contributed by atoms with Gasteiger partial charge in [0.05, 0.1) is 26.5 Å². The van der Waals surface area contributed by atoms with Crippen molar-refractivity contribution in [1.82, 2.24) is 9.78 Å². The van der Waals surface area contributed by atoms with E-state index in [4.69, 9.17) is 18.9 Å². The van der Waals surface area contributed by atoms with Crippen LogP contribution >= 0.6 is 0 Å². The second-order valence-electron chi connectivity index (χ2n) is 6.52. The molecule has 162 valence electrons. The van der Waals surface area contributed by atoms with E-state index < -0.39 is 11.9 Å². The van der Waals surface area contributed by atoms with Crippen molar-refractivity contribution < 1.29 is 28.5 Å². The second-order valence-corrected chi connectivity index (χ2v) is 6.52. The number of aromatic nitrogens is 2. The van der Waals surface area contributed by atoms with E-state index in [2.05, 4.69) is 5.10 Å². The van der Waals surface area contributed by atoms with Crippen molar-refractivity contribution in [2.24, 2.45) is 0 Å². The second kappa shape index (κ2) is 10.4. The third-order valence-electron chi connectivity index (χ3n) is 4.54. The lowest BCUT2D eigenvalue weighted by molar-refractivity contribution is 0.0549. The van der Waals surface area contributed by atoms with E-state index >= 15 is 0 Å². The highest BCUT2D eigenvalue weighted by Crippen LogP contribution is 2.30. The number of carbonyl (C=O) groups excluding carboxylic acids is 2. The number of nitrogens with zero attached hydrogens (tertiary/aromatic N) is 2. The molecule has 8 heteroatoms. The van der Waals surface area contributed by atoms with Crippen LogP contribution in [0.25, 0.3) is 16.9 Å². The maximum Gasteiger partial charge on any atom is 0.357 e. The van der Waals surface area contributed by atoms with Crippen LogP contribution in [-0.4, -0.2) is 56.3 Å². The normalized spacial score (nSPS) is 10.5. The van der Waals surface area contributed by atoms with Crippen LogP contribution in [0.1, 0.15) is 27.3 Å². The zero-order chi connectivity index (χ0) is 22.2. The Labute approximate surface area is 180 Å². The van der Waals surface area contributed by atoms with Crippen LogP contribution in [-0.2, 0) is 14.2 Å². The van der Waals surface area contributed by atoms with Gasteiger partial charge in [-0.1, -0.05) is 18.2 Å². The van der Waals surface area contributed by atoms with Gasteiger partial charge in [0, 0.05) is 25.7 Å². The minimum atomic E-state index is -0.693. The molecule has 8 nitrogen and oxygen atoms in total. The van der Waals surface area contributed by atoms with E-state index in [9.17, 15) is 9.59 Å². The number of hydrogen-bond acceptors (Lipinski definition) is 7. The molecule has 0 saturated carbocycles. The van der Waals surface area contributed by atoms with Crippen molar-refractivity contribution in [2.45, 2.75) is 6.42 Å². The van der Waals surface area contributed by atoms with Crippen LogP contribution in [0.5, 0.6) is 5.75 Å². The summed E-state index contributed by atoms with van der Waals surface area (Å²) in [6, 6.07) is 16.1. The Morgan fingerprint density at radius 3 is 2.16 bits per heavy atom. The molecule has 1 aromatic heterocycles. The van der Waals surface area contributed by atoms with Crippen molar-refractivity contribution in [3.8, 4) is 22.7 Å². The van der Waals surface area contributed by atoms with Gasteiger partial charge in [-0.3, -0.25) is 0 Å². The van der Waals surface area contributed by atoms with Crippen molar-refractivity contribution in [3.05, 3.63) is 65.9 Å². The molecule has 0 N–H and O–H groups in total. The van der Waals surface area contributed by atoms with E-state index in [1.165, 1.54) is 18.9 Å². The molecule has 0 amide bonds. The SMILES string of the molecule is COCCCOc1ccc(-c2nn(-c3ccccc3)c(C(=O)OC)c2C(=O)OC)cc1. The summed E-state index contributed by atoms with van der Waals surface area (Å²) >= 11 is 0. The van der Waals surface area contributed by atoms with Gasteiger partial charge < -0.3 is 18.9 Å². The lowest BCUT2D eigenvalue weighted by Crippen LogP contribution is -2.15. The highest BCUT2D eigenvalue weighted by atomic mass is 16.5. The molecule has 0 spiro atoms. The Morgan fingerprint density at radius 2 is 1.55 bits per heavy atom. The quantitative estimate of drug-likeness (QED) is 0.383. The first-order valence-electron chi connectivity index (χ1n) is 9.68. The molecule has 1 heterocycles. The number of carbonyl (C=O) groups is 2. The van der Waals surface area contributed by atoms with Gasteiger partial charge >= 0.3 is 11.9 Å². The van der Waals surface area contributed by atoms with Crippen molar-refractivity contribution in [3.63, 3.8) is 0 Å². The smallest absolute Gasteiger partial charge is 0.357 e. The number of esters is 2. The van der Waals surface area contributed by atoms with E-state index in [1.807, 2.05) is 18.2 Å². The van der Waals surface area contributed by atoms with Crippen molar-refractivity contribution in [2.75, 3.05) is 34.5 Å². The molecule has 0 aliphatic carbocycles. The van der Waals surface area contributed by atoms with E-state index in [0.717, 1.165) is 6.42 Å². The maximum absolute atomic E-state index is 12.6. The number of rotatable bonds is 9. The predicted octanol–water partition coefficient (Wildman–Crippen LogP) is 3.53. The number of hydrogen-bond donors (Lipinski definition) is 0. The van der Waals surface area contributed by atoms with Crippen molar-refractivity contribution in [1.29, 1.82) is 0 Å². The molecule has 0 aliphatic heterocycles. The average molecular weight is 424 g/mol. The van der Waals surface area contributed by atoms with Gasteiger partial charge in [0.15, 0.2) is 5.69 Å². The third kappa shape index (κ3) is 4.92. The van der Waals surface area contributed by atoms with Crippen LogP contribution in [0.15, 0.2) is 54.6 Å². The first-order valence-corrected chi connectivity index (χ1v) is 9.68. The number of benzene rings is 2. The van der Waals surface area contributed by atoms with Gasteiger partial charge in [-0.15, -0.1) is 0 Å². The number of ether oxygens (including phenoxy) is 4. The van der Waals surface area contributed by atoms with Gasteiger partial charge in [-0.2, -0.15) is 5.10 Å².